The number of halogens is 4. The molecule has 0 saturated heterocycles. The summed E-state index contributed by atoms with van der Waals surface area (Å²) in [5.41, 5.74) is -0.992. The van der Waals surface area contributed by atoms with Crippen molar-refractivity contribution in [2.75, 3.05) is 0 Å². The predicted molar refractivity (Wildman–Crippen MR) is 66.9 cm³/mol. The van der Waals surface area contributed by atoms with Gasteiger partial charge in [-0.3, -0.25) is 4.79 Å². The van der Waals surface area contributed by atoms with Crippen molar-refractivity contribution in [3.63, 3.8) is 0 Å². The number of ketones is 1. The zero-order valence-corrected chi connectivity index (χ0v) is 11.2. The maximum Gasteiger partial charge on any atom is 0.417 e. The van der Waals surface area contributed by atoms with Crippen molar-refractivity contribution in [3.8, 4) is 0 Å². The van der Waals surface area contributed by atoms with Crippen LogP contribution in [0.25, 0.3) is 0 Å². The smallest absolute Gasteiger partial charge is 0.289 e. The van der Waals surface area contributed by atoms with Crippen LogP contribution in [0.5, 0.6) is 0 Å². The van der Waals surface area contributed by atoms with Gasteiger partial charge in [0.2, 0.25) is 0 Å². The largest absolute Gasteiger partial charge is 0.417 e. The van der Waals surface area contributed by atoms with Crippen molar-refractivity contribution in [1.82, 2.24) is 0 Å². The first-order valence-corrected chi connectivity index (χ1v) is 6.57. The lowest BCUT2D eigenvalue weighted by Gasteiger charge is -2.11. The van der Waals surface area contributed by atoms with Gasteiger partial charge in [-0.15, -0.1) is 0 Å². The fourth-order valence-electron chi connectivity index (χ4n) is 1.52. The minimum absolute atomic E-state index is 0.247. The number of carbonyl (C=O) groups excluding carboxylic acids is 1. The summed E-state index contributed by atoms with van der Waals surface area (Å²) in [6.07, 6.45) is -4.53. The molecule has 0 radical (unpaired) electrons. The van der Waals surface area contributed by atoms with E-state index in [-0.39, 0.29) is 11.1 Å². The number of hydrogen-bond acceptors (Lipinski definition) is 2. The molecule has 0 spiro atoms. The number of thiophene rings is 1. The van der Waals surface area contributed by atoms with Crippen molar-refractivity contribution in [2.24, 2.45) is 0 Å². The molecule has 0 saturated carbocycles. The van der Waals surface area contributed by atoms with Crippen molar-refractivity contribution in [3.05, 3.63) is 56.2 Å². The molecular weight excluding hydrogens is 329 g/mol. The molecule has 18 heavy (non-hydrogen) atoms. The highest BCUT2D eigenvalue weighted by Crippen LogP contribution is 2.34. The predicted octanol–water partition coefficient (Wildman–Crippen LogP) is 4.76. The maximum atomic E-state index is 12.8. The summed E-state index contributed by atoms with van der Waals surface area (Å²) in [5.74, 6) is -0.629. The van der Waals surface area contributed by atoms with Gasteiger partial charge < -0.3 is 0 Å². The SMILES string of the molecule is O=C(c1cscc1Br)c1ccccc1C(F)(F)F. The third kappa shape index (κ3) is 2.49. The van der Waals surface area contributed by atoms with E-state index in [4.69, 9.17) is 0 Å². The monoisotopic (exact) mass is 334 g/mol. The van der Waals surface area contributed by atoms with E-state index in [1.165, 1.54) is 34.9 Å². The van der Waals surface area contributed by atoms with Gasteiger partial charge in [0.1, 0.15) is 0 Å². The number of hydrogen-bond donors (Lipinski definition) is 0. The third-order valence-electron chi connectivity index (χ3n) is 2.34. The standard InChI is InChI=1S/C12H6BrF3OS/c13-10-6-18-5-8(10)11(17)7-3-1-2-4-9(7)12(14,15)16/h1-6H. The fraction of sp³-hybridized carbons (Fsp3) is 0.0833. The minimum atomic E-state index is -4.53. The Kier molecular flexibility index (Phi) is 3.59. The Bertz CT molecular complexity index is 589. The third-order valence-corrected chi connectivity index (χ3v) is 4.04. The van der Waals surface area contributed by atoms with Gasteiger partial charge in [-0.25, -0.2) is 0 Å². The normalized spacial score (nSPS) is 11.6. The first kappa shape index (κ1) is 13.3. The van der Waals surface area contributed by atoms with Gasteiger partial charge in [0.15, 0.2) is 5.78 Å². The van der Waals surface area contributed by atoms with Crippen LogP contribution in [0.3, 0.4) is 0 Å². The molecule has 0 N–H and O–H groups in total. The minimum Gasteiger partial charge on any atom is -0.289 e. The lowest BCUT2D eigenvalue weighted by Crippen LogP contribution is -2.13. The first-order valence-electron chi connectivity index (χ1n) is 4.84. The second kappa shape index (κ2) is 4.85. The molecule has 1 aromatic carbocycles. The highest BCUT2D eigenvalue weighted by molar-refractivity contribution is 9.10. The van der Waals surface area contributed by atoms with Crippen molar-refractivity contribution < 1.29 is 18.0 Å². The Hall–Kier alpha value is -1.14. The molecule has 0 aliphatic carbocycles. The summed E-state index contributed by atoms with van der Waals surface area (Å²) in [5, 5.41) is 3.18. The van der Waals surface area contributed by atoms with E-state index in [9.17, 15) is 18.0 Å². The Morgan fingerprint density at radius 1 is 1.11 bits per heavy atom. The highest BCUT2D eigenvalue weighted by atomic mass is 79.9. The van der Waals surface area contributed by atoms with Crippen LogP contribution in [-0.2, 0) is 6.18 Å². The summed E-state index contributed by atoms with van der Waals surface area (Å²) < 4.78 is 38.9. The van der Waals surface area contributed by atoms with Crippen LogP contribution in [0.15, 0.2) is 39.5 Å². The quantitative estimate of drug-likeness (QED) is 0.723. The summed E-state index contributed by atoms with van der Waals surface area (Å²) >= 11 is 4.40. The molecule has 0 aliphatic rings. The summed E-state index contributed by atoms with van der Waals surface area (Å²) in [6.45, 7) is 0. The van der Waals surface area contributed by atoms with E-state index in [2.05, 4.69) is 15.9 Å². The second-order valence-corrected chi connectivity index (χ2v) is 5.10. The van der Waals surface area contributed by atoms with Crippen molar-refractivity contribution in [2.45, 2.75) is 6.18 Å². The van der Waals surface area contributed by atoms with Crippen molar-refractivity contribution >= 4 is 33.0 Å². The molecular formula is C12H6BrF3OS. The van der Waals surface area contributed by atoms with Crippen LogP contribution in [0.1, 0.15) is 21.5 Å². The van der Waals surface area contributed by atoms with E-state index in [0.29, 0.717) is 4.47 Å². The second-order valence-electron chi connectivity index (χ2n) is 3.51. The van der Waals surface area contributed by atoms with Gasteiger partial charge in [0.05, 0.1) is 5.56 Å². The zero-order chi connectivity index (χ0) is 13.3. The first-order chi connectivity index (χ1) is 8.41. The fourth-order valence-corrected chi connectivity index (χ4v) is 2.97. The van der Waals surface area contributed by atoms with Gasteiger partial charge in [0.25, 0.3) is 0 Å². The van der Waals surface area contributed by atoms with E-state index in [0.717, 1.165) is 6.07 Å². The molecule has 0 fully saturated rings. The molecule has 94 valence electrons. The molecule has 0 bridgehead atoms. The molecule has 2 aromatic rings. The molecule has 0 atom stereocenters. The molecule has 2 rings (SSSR count). The van der Waals surface area contributed by atoms with E-state index in [1.807, 2.05) is 0 Å². The lowest BCUT2D eigenvalue weighted by atomic mass is 10.00. The Balaban J connectivity index is 2.53. The van der Waals surface area contributed by atoms with Crippen LogP contribution in [0.2, 0.25) is 0 Å². The van der Waals surface area contributed by atoms with Gasteiger partial charge >= 0.3 is 6.18 Å². The molecule has 1 aromatic heterocycles. The lowest BCUT2D eigenvalue weighted by molar-refractivity contribution is -0.137. The summed E-state index contributed by atoms with van der Waals surface area (Å²) in [7, 11) is 0. The molecule has 0 aliphatic heterocycles. The molecule has 1 heterocycles. The average Bonchev–Trinajstić information content (AvgIpc) is 2.73. The van der Waals surface area contributed by atoms with Crippen LogP contribution in [0, 0.1) is 0 Å². The van der Waals surface area contributed by atoms with Gasteiger partial charge in [-0.2, -0.15) is 24.5 Å². The van der Waals surface area contributed by atoms with Gasteiger partial charge in [-0.1, -0.05) is 18.2 Å². The molecule has 6 heteroatoms. The van der Waals surface area contributed by atoms with Crippen LogP contribution in [-0.4, -0.2) is 5.78 Å². The zero-order valence-electron chi connectivity index (χ0n) is 8.79. The van der Waals surface area contributed by atoms with Crippen LogP contribution < -0.4 is 0 Å². The summed E-state index contributed by atoms with van der Waals surface area (Å²) in [4.78, 5) is 12.1. The van der Waals surface area contributed by atoms with E-state index in [1.54, 1.807) is 5.38 Å². The van der Waals surface area contributed by atoms with E-state index >= 15 is 0 Å². The van der Waals surface area contributed by atoms with Crippen LogP contribution in [0.4, 0.5) is 13.2 Å². The topological polar surface area (TPSA) is 17.1 Å². The Labute approximate surface area is 113 Å². The molecule has 1 nitrogen and oxygen atoms in total. The maximum absolute atomic E-state index is 12.8. The Morgan fingerprint density at radius 2 is 1.78 bits per heavy atom. The molecule has 0 amide bonds. The highest BCUT2D eigenvalue weighted by Gasteiger charge is 2.35. The molecule has 0 unspecified atom stereocenters. The van der Waals surface area contributed by atoms with E-state index < -0.39 is 17.5 Å². The van der Waals surface area contributed by atoms with Gasteiger partial charge in [0, 0.05) is 26.4 Å². The summed E-state index contributed by atoms with van der Waals surface area (Å²) in [6, 6.07) is 4.79. The van der Waals surface area contributed by atoms with Gasteiger partial charge in [-0.05, 0) is 22.0 Å². The van der Waals surface area contributed by atoms with Crippen molar-refractivity contribution in [1.29, 1.82) is 0 Å². The number of alkyl halides is 3. The Morgan fingerprint density at radius 3 is 2.33 bits per heavy atom. The van der Waals surface area contributed by atoms with Crippen LogP contribution >= 0.6 is 27.3 Å². The number of benzene rings is 1. The average molecular weight is 335 g/mol. The number of rotatable bonds is 2. The number of carbonyl (C=O) groups is 1.